The molecule has 0 radical (unpaired) electrons. The summed E-state index contributed by atoms with van der Waals surface area (Å²) in [7, 11) is 0. The number of benzene rings is 1. The maximum absolute atomic E-state index is 10.0. The minimum Gasteiger partial charge on any atom is -0.491 e. The maximum Gasteiger partial charge on any atom is 0.119 e. The Bertz CT molecular complexity index is 358. The summed E-state index contributed by atoms with van der Waals surface area (Å²) >= 11 is 0. The molecule has 1 aliphatic heterocycles. The number of hydrogen-bond donors (Lipinski definition) is 2. The Balaban J connectivity index is 1.75. The number of β-amino-alcohol motifs (C(OH)–C–C–N with tert-alkyl or cyclic N) is 1. The highest BCUT2D eigenvalue weighted by molar-refractivity contribution is 5.20. The quantitative estimate of drug-likeness (QED) is 0.813. The Morgan fingerprint density at radius 1 is 1.26 bits per heavy atom. The van der Waals surface area contributed by atoms with Crippen LogP contribution in [0.3, 0.4) is 0 Å². The van der Waals surface area contributed by atoms with Crippen molar-refractivity contribution in [2.75, 3.05) is 26.3 Å². The van der Waals surface area contributed by atoms with Crippen molar-refractivity contribution in [2.24, 2.45) is 0 Å². The van der Waals surface area contributed by atoms with Crippen LogP contribution in [0, 0.1) is 0 Å². The first kappa shape index (κ1) is 14.3. The van der Waals surface area contributed by atoms with Gasteiger partial charge in [-0.3, -0.25) is 4.90 Å². The van der Waals surface area contributed by atoms with E-state index >= 15 is 0 Å². The van der Waals surface area contributed by atoms with Gasteiger partial charge >= 0.3 is 0 Å². The van der Waals surface area contributed by atoms with E-state index in [4.69, 9.17) is 4.74 Å². The van der Waals surface area contributed by atoms with Crippen molar-refractivity contribution < 1.29 is 14.9 Å². The van der Waals surface area contributed by atoms with Crippen LogP contribution in [0.1, 0.15) is 19.3 Å². The monoisotopic (exact) mass is 265 g/mol. The number of aliphatic hydroxyl groups is 2. The third-order valence-corrected chi connectivity index (χ3v) is 3.59. The standard InChI is InChI=1S/C15H23NO3/c17-11-13-6-4-5-9-16(13)10-14(18)12-19-15-7-2-1-3-8-15/h1-3,7-8,13-14,17-18H,4-6,9-12H2/t13-,14?/m1/s1. The molecule has 2 N–H and O–H groups in total. The van der Waals surface area contributed by atoms with Gasteiger partial charge in [0.2, 0.25) is 0 Å². The van der Waals surface area contributed by atoms with Gasteiger partial charge in [0.1, 0.15) is 18.5 Å². The van der Waals surface area contributed by atoms with Gasteiger partial charge in [0.25, 0.3) is 0 Å². The Labute approximate surface area is 114 Å². The second-order valence-electron chi connectivity index (χ2n) is 5.10. The zero-order valence-corrected chi connectivity index (χ0v) is 11.2. The van der Waals surface area contributed by atoms with Crippen molar-refractivity contribution in [3.8, 4) is 5.75 Å². The molecule has 2 atom stereocenters. The lowest BCUT2D eigenvalue weighted by molar-refractivity contribution is 0.0232. The van der Waals surface area contributed by atoms with Crippen LogP contribution in [0.5, 0.6) is 5.75 Å². The number of hydrogen-bond acceptors (Lipinski definition) is 4. The van der Waals surface area contributed by atoms with E-state index in [1.807, 2.05) is 30.3 Å². The normalized spacial score (nSPS) is 22.1. The molecule has 0 saturated carbocycles. The molecule has 1 unspecified atom stereocenters. The first-order valence-electron chi connectivity index (χ1n) is 7.00. The molecule has 19 heavy (non-hydrogen) atoms. The number of aliphatic hydroxyl groups excluding tert-OH is 2. The Hall–Kier alpha value is -1.10. The molecule has 106 valence electrons. The molecular formula is C15H23NO3. The molecule has 0 spiro atoms. The average Bonchev–Trinajstić information content (AvgIpc) is 2.47. The summed E-state index contributed by atoms with van der Waals surface area (Å²) in [5.41, 5.74) is 0. The number of ether oxygens (including phenoxy) is 1. The van der Waals surface area contributed by atoms with Crippen LogP contribution in [0.2, 0.25) is 0 Å². The summed E-state index contributed by atoms with van der Waals surface area (Å²) < 4.78 is 5.54. The lowest BCUT2D eigenvalue weighted by Crippen LogP contribution is -2.46. The van der Waals surface area contributed by atoms with Gasteiger partial charge in [-0.2, -0.15) is 0 Å². The largest absolute Gasteiger partial charge is 0.491 e. The minimum atomic E-state index is -0.521. The summed E-state index contributed by atoms with van der Waals surface area (Å²) in [6, 6.07) is 9.71. The predicted octanol–water partition coefficient (Wildman–Crippen LogP) is 1.27. The summed E-state index contributed by atoms with van der Waals surface area (Å²) in [6.45, 7) is 1.98. The molecule has 1 heterocycles. The summed E-state index contributed by atoms with van der Waals surface area (Å²) in [6.07, 6.45) is 2.80. The third kappa shape index (κ3) is 4.49. The molecule has 1 aromatic rings. The van der Waals surface area contributed by atoms with E-state index in [9.17, 15) is 10.2 Å². The Kier molecular flexibility index (Phi) is 5.63. The number of para-hydroxylation sites is 1. The molecule has 2 rings (SSSR count). The van der Waals surface area contributed by atoms with Crippen molar-refractivity contribution >= 4 is 0 Å². The second-order valence-corrected chi connectivity index (χ2v) is 5.10. The SMILES string of the molecule is OC[C@H]1CCCCN1CC(O)COc1ccccc1. The lowest BCUT2D eigenvalue weighted by Gasteiger charge is -2.35. The van der Waals surface area contributed by atoms with Crippen LogP contribution in [0.25, 0.3) is 0 Å². The van der Waals surface area contributed by atoms with Crippen molar-refractivity contribution in [1.82, 2.24) is 4.90 Å². The van der Waals surface area contributed by atoms with Gasteiger partial charge in [0.05, 0.1) is 6.61 Å². The molecule has 1 saturated heterocycles. The van der Waals surface area contributed by atoms with Gasteiger partial charge in [-0.05, 0) is 31.5 Å². The summed E-state index contributed by atoms with van der Waals surface area (Å²) in [4.78, 5) is 2.17. The maximum atomic E-state index is 10.0. The molecule has 1 fully saturated rings. The average molecular weight is 265 g/mol. The van der Waals surface area contributed by atoms with Gasteiger partial charge in [0.15, 0.2) is 0 Å². The van der Waals surface area contributed by atoms with Gasteiger partial charge in [-0.1, -0.05) is 24.6 Å². The van der Waals surface area contributed by atoms with Crippen LogP contribution in [-0.4, -0.2) is 53.6 Å². The Morgan fingerprint density at radius 3 is 2.79 bits per heavy atom. The topological polar surface area (TPSA) is 52.9 Å². The molecule has 1 aromatic carbocycles. The molecule has 0 aromatic heterocycles. The highest BCUT2D eigenvalue weighted by Gasteiger charge is 2.23. The summed E-state index contributed by atoms with van der Waals surface area (Å²) in [5.74, 6) is 0.777. The first-order chi connectivity index (χ1) is 9.29. The van der Waals surface area contributed by atoms with Gasteiger partial charge < -0.3 is 14.9 Å². The van der Waals surface area contributed by atoms with E-state index in [2.05, 4.69) is 4.90 Å². The smallest absolute Gasteiger partial charge is 0.119 e. The van der Waals surface area contributed by atoms with Crippen molar-refractivity contribution in [1.29, 1.82) is 0 Å². The molecular weight excluding hydrogens is 242 g/mol. The van der Waals surface area contributed by atoms with Crippen LogP contribution in [0.4, 0.5) is 0 Å². The van der Waals surface area contributed by atoms with Crippen LogP contribution >= 0.6 is 0 Å². The van der Waals surface area contributed by atoms with E-state index in [1.54, 1.807) is 0 Å². The lowest BCUT2D eigenvalue weighted by atomic mass is 10.0. The number of rotatable bonds is 6. The second kappa shape index (κ2) is 7.48. The van der Waals surface area contributed by atoms with Gasteiger partial charge in [-0.15, -0.1) is 0 Å². The van der Waals surface area contributed by atoms with Crippen LogP contribution < -0.4 is 4.74 Å². The number of likely N-dealkylation sites (tertiary alicyclic amines) is 1. The Morgan fingerprint density at radius 2 is 2.05 bits per heavy atom. The number of nitrogens with zero attached hydrogens (tertiary/aromatic N) is 1. The number of piperidine rings is 1. The highest BCUT2D eigenvalue weighted by atomic mass is 16.5. The third-order valence-electron chi connectivity index (χ3n) is 3.59. The fourth-order valence-electron chi connectivity index (χ4n) is 2.54. The predicted molar refractivity (Wildman–Crippen MR) is 74.2 cm³/mol. The van der Waals surface area contributed by atoms with Crippen molar-refractivity contribution in [3.63, 3.8) is 0 Å². The minimum absolute atomic E-state index is 0.173. The van der Waals surface area contributed by atoms with Crippen LogP contribution in [-0.2, 0) is 0 Å². The molecule has 4 heteroatoms. The molecule has 0 aliphatic carbocycles. The fraction of sp³-hybridized carbons (Fsp3) is 0.600. The fourth-order valence-corrected chi connectivity index (χ4v) is 2.54. The molecule has 4 nitrogen and oxygen atoms in total. The molecule has 1 aliphatic rings. The van der Waals surface area contributed by atoms with Gasteiger partial charge in [-0.25, -0.2) is 0 Å². The van der Waals surface area contributed by atoms with E-state index < -0.39 is 6.10 Å². The van der Waals surface area contributed by atoms with E-state index in [0.717, 1.165) is 25.1 Å². The highest BCUT2D eigenvalue weighted by Crippen LogP contribution is 2.17. The first-order valence-corrected chi connectivity index (χ1v) is 7.00. The molecule has 0 bridgehead atoms. The zero-order valence-electron chi connectivity index (χ0n) is 11.2. The van der Waals surface area contributed by atoms with E-state index in [1.165, 1.54) is 6.42 Å². The zero-order chi connectivity index (χ0) is 13.5. The van der Waals surface area contributed by atoms with Crippen LogP contribution in [0.15, 0.2) is 30.3 Å². The van der Waals surface area contributed by atoms with E-state index in [-0.39, 0.29) is 12.6 Å². The van der Waals surface area contributed by atoms with Crippen molar-refractivity contribution in [3.05, 3.63) is 30.3 Å². The summed E-state index contributed by atoms with van der Waals surface area (Å²) in [5, 5.41) is 19.4. The molecule has 0 amide bonds. The van der Waals surface area contributed by atoms with Crippen molar-refractivity contribution in [2.45, 2.75) is 31.4 Å². The van der Waals surface area contributed by atoms with Gasteiger partial charge in [0, 0.05) is 12.6 Å². The van der Waals surface area contributed by atoms with E-state index in [0.29, 0.717) is 13.2 Å².